The van der Waals surface area contributed by atoms with Crippen molar-refractivity contribution in [2.45, 2.75) is 31.7 Å². The lowest BCUT2D eigenvalue weighted by Crippen LogP contribution is -2.31. The second-order valence-corrected chi connectivity index (χ2v) is 8.70. The maximum atomic E-state index is 12.9. The van der Waals surface area contributed by atoms with E-state index in [1.54, 1.807) is 29.5 Å². The fourth-order valence-corrected chi connectivity index (χ4v) is 4.67. The summed E-state index contributed by atoms with van der Waals surface area (Å²) in [5, 5.41) is 6.00. The summed E-state index contributed by atoms with van der Waals surface area (Å²) < 4.78 is 32.7. The van der Waals surface area contributed by atoms with E-state index in [-0.39, 0.29) is 6.54 Å². The van der Waals surface area contributed by atoms with E-state index in [1.165, 1.54) is 4.31 Å². The molecule has 1 aromatic carbocycles. The van der Waals surface area contributed by atoms with Gasteiger partial charge < -0.3 is 4.52 Å². The van der Waals surface area contributed by atoms with Crippen LogP contribution in [-0.2, 0) is 16.6 Å². The third kappa shape index (κ3) is 4.00. The predicted octanol–water partition coefficient (Wildman–Crippen LogP) is 4.31. The van der Waals surface area contributed by atoms with Crippen molar-refractivity contribution in [3.05, 3.63) is 59.1 Å². The van der Waals surface area contributed by atoms with Crippen molar-refractivity contribution in [1.29, 1.82) is 0 Å². The standard InChI is InChI=1S/C18H20N2O3S2/c1-3-10-20(25(21,22)16-8-6-14(2)7-9-16)13-15-12-17(23-19-15)18-5-4-11-24-18/h4-9,11-12H,3,10,13H2,1-2H3. The molecular weight excluding hydrogens is 356 g/mol. The summed E-state index contributed by atoms with van der Waals surface area (Å²) in [5.41, 5.74) is 1.63. The first-order chi connectivity index (χ1) is 12.0. The molecule has 3 rings (SSSR count). The lowest BCUT2D eigenvalue weighted by Gasteiger charge is -2.20. The number of nitrogens with zero attached hydrogens (tertiary/aromatic N) is 2. The predicted molar refractivity (Wildman–Crippen MR) is 98.9 cm³/mol. The molecule has 2 aromatic heterocycles. The highest BCUT2D eigenvalue weighted by atomic mass is 32.2. The van der Waals surface area contributed by atoms with Gasteiger partial charge in [0.15, 0.2) is 5.76 Å². The van der Waals surface area contributed by atoms with Crippen LogP contribution in [0.1, 0.15) is 24.6 Å². The minimum Gasteiger partial charge on any atom is -0.355 e. The molecule has 0 aliphatic heterocycles. The molecular formula is C18H20N2O3S2. The number of hydrogen-bond acceptors (Lipinski definition) is 5. The molecule has 0 aliphatic carbocycles. The third-order valence-corrected chi connectivity index (χ3v) is 6.54. The van der Waals surface area contributed by atoms with Crippen molar-refractivity contribution < 1.29 is 12.9 Å². The molecule has 0 fully saturated rings. The second kappa shape index (κ2) is 7.51. The number of rotatable bonds is 7. The first kappa shape index (κ1) is 17.8. The van der Waals surface area contributed by atoms with Crippen molar-refractivity contribution >= 4 is 21.4 Å². The van der Waals surface area contributed by atoms with Crippen molar-refractivity contribution in [3.63, 3.8) is 0 Å². The van der Waals surface area contributed by atoms with Gasteiger partial charge in [-0.1, -0.05) is 35.8 Å². The van der Waals surface area contributed by atoms with E-state index in [9.17, 15) is 8.42 Å². The number of hydrogen-bond donors (Lipinski definition) is 0. The average molecular weight is 377 g/mol. The molecule has 5 nitrogen and oxygen atoms in total. The van der Waals surface area contributed by atoms with Crippen LogP contribution in [0, 0.1) is 6.92 Å². The highest BCUT2D eigenvalue weighted by molar-refractivity contribution is 7.89. The van der Waals surface area contributed by atoms with Crippen LogP contribution in [0.4, 0.5) is 0 Å². The molecule has 0 bridgehead atoms. The van der Waals surface area contributed by atoms with Gasteiger partial charge in [0.25, 0.3) is 0 Å². The van der Waals surface area contributed by atoms with E-state index >= 15 is 0 Å². The summed E-state index contributed by atoms with van der Waals surface area (Å²) in [6.07, 6.45) is 0.723. The number of aryl methyl sites for hydroxylation is 1. The Kier molecular flexibility index (Phi) is 5.36. The molecule has 3 aromatic rings. The Morgan fingerprint density at radius 1 is 1.20 bits per heavy atom. The molecule has 0 amide bonds. The molecule has 2 heterocycles. The van der Waals surface area contributed by atoms with Gasteiger partial charge >= 0.3 is 0 Å². The normalized spacial score (nSPS) is 12.0. The summed E-state index contributed by atoms with van der Waals surface area (Å²) in [6.45, 7) is 4.51. The summed E-state index contributed by atoms with van der Waals surface area (Å²) in [4.78, 5) is 1.27. The van der Waals surface area contributed by atoms with Crippen LogP contribution < -0.4 is 0 Å². The van der Waals surface area contributed by atoms with Gasteiger partial charge in [0.1, 0.15) is 0 Å². The zero-order valence-corrected chi connectivity index (χ0v) is 15.8. The minimum absolute atomic E-state index is 0.193. The number of sulfonamides is 1. The van der Waals surface area contributed by atoms with Crippen molar-refractivity contribution in [3.8, 4) is 10.6 Å². The van der Waals surface area contributed by atoms with E-state index in [1.807, 2.05) is 43.5 Å². The molecule has 25 heavy (non-hydrogen) atoms. The zero-order chi connectivity index (χ0) is 17.9. The molecule has 0 aliphatic rings. The fourth-order valence-electron chi connectivity index (χ4n) is 2.49. The summed E-state index contributed by atoms with van der Waals surface area (Å²) in [6, 6.07) is 12.6. The SMILES string of the molecule is CCCN(Cc1cc(-c2cccs2)on1)S(=O)(=O)c1ccc(C)cc1. The van der Waals surface area contributed by atoms with E-state index < -0.39 is 10.0 Å². The van der Waals surface area contributed by atoms with Gasteiger partial charge in [-0.15, -0.1) is 11.3 Å². The summed E-state index contributed by atoms with van der Waals surface area (Å²) in [7, 11) is -3.57. The van der Waals surface area contributed by atoms with Crippen LogP contribution in [0.5, 0.6) is 0 Å². The lowest BCUT2D eigenvalue weighted by molar-refractivity contribution is 0.375. The maximum absolute atomic E-state index is 12.9. The van der Waals surface area contributed by atoms with Gasteiger partial charge in [-0.2, -0.15) is 4.31 Å². The summed E-state index contributed by atoms with van der Waals surface area (Å²) in [5.74, 6) is 0.661. The topological polar surface area (TPSA) is 63.4 Å². The van der Waals surface area contributed by atoms with Crippen LogP contribution in [0.3, 0.4) is 0 Å². The Morgan fingerprint density at radius 2 is 1.96 bits per heavy atom. The van der Waals surface area contributed by atoms with E-state index in [2.05, 4.69) is 5.16 Å². The van der Waals surface area contributed by atoms with Gasteiger partial charge in [-0.05, 0) is 36.9 Å². The lowest BCUT2D eigenvalue weighted by atomic mass is 10.2. The quantitative estimate of drug-likeness (QED) is 0.616. The smallest absolute Gasteiger partial charge is 0.243 e. The second-order valence-electron chi connectivity index (χ2n) is 5.81. The highest BCUT2D eigenvalue weighted by Gasteiger charge is 2.25. The van der Waals surface area contributed by atoms with Gasteiger partial charge in [0, 0.05) is 12.6 Å². The monoisotopic (exact) mass is 376 g/mol. The molecule has 0 saturated heterocycles. The molecule has 0 radical (unpaired) electrons. The largest absolute Gasteiger partial charge is 0.355 e. The Morgan fingerprint density at radius 3 is 2.60 bits per heavy atom. The van der Waals surface area contributed by atoms with Crippen molar-refractivity contribution in [2.24, 2.45) is 0 Å². The first-order valence-electron chi connectivity index (χ1n) is 8.07. The Balaban J connectivity index is 1.85. The van der Waals surface area contributed by atoms with Gasteiger partial charge in [0.2, 0.25) is 10.0 Å². The van der Waals surface area contributed by atoms with E-state index in [0.717, 1.165) is 16.9 Å². The average Bonchev–Trinajstić information content (AvgIpc) is 3.26. The Hall–Kier alpha value is -1.96. The Labute approximate surface area is 151 Å². The molecule has 0 atom stereocenters. The summed E-state index contributed by atoms with van der Waals surface area (Å²) >= 11 is 1.56. The maximum Gasteiger partial charge on any atom is 0.243 e. The zero-order valence-electron chi connectivity index (χ0n) is 14.2. The first-order valence-corrected chi connectivity index (χ1v) is 10.4. The number of aromatic nitrogens is 1. The molecule has 132 valence electrons. The Bertz CT molecular complexity index is 914. The fraction of sp³-hybridized carbons (Fsp3) is 0.278. The highest BCUT2D eigenvalue weighted by Crippen LogP contribution is 2.26. The van der Waals surface area contributed by atoms with Crippen LogP contribution in [0.2, 0.25) is 0 Å². The van der Waals surface area contributed by atoms with Crippen LogP contribution >= 0.6 is 11.3 Å². The van der Waals surface area contributed by atoms with Gasteiger partial charge in [0.05, 0.1) is 22.0 Å². The van der Waals surface area contributed by atoms with Gasteiger partial charge in [-0.25, -0.2) is 8.42 Å². The molecule has 0 unspecified atom stereocenters. The van der Waals surface area contributed by atoms with Crippen LogP contribution in [-0.4, -0.2) is 24.4 Å². The number of benzene rings is 1. The van der Waals surface area contributed by atoms with E-state index in [0.29, 0.717) is 22.9 Å². The molecule has 0 spiro atoms. The van der Waals surface area contributed by atoms with Crippen molar-refractivity contribution in [1.82, 2.24) is 9.46 Å². The van der Waals surface area contributed by atoms with Crippen LogP contribution in [0.25, 0.3) is 10.6 Å². The molecule has 7 heteroatoms. The molecule has 0 saturated carbocycles. The van der Waals surface area contributed by atoms with E-state index in [4.69, 9.17) is 4.52 Å². The minimum atomic E-state index is -3.57. The van der Waals surface area contributed by atoms with Crippen molar-refractivity contribution in [2.75, 3.05) is 6.54 Å². The van der Waals surface area contributed by atoms with Crippen LogP contribution in [0.15, 0.2) is 57.3 Å². The number of thiophene rings is 1. The third-order valence-electron chi connectivity index (χ3n) is 3.79. The van der Waals surface area contributed by atoms with Gasteiger partial charge in [-0.3, -0.25) is 0 Å². The molecule has 0 N–H and O–H groups in total.